The predicted molar refractivity (Wildman–Crippen MR) is 58.2 cm³/mol. The van der Waals surface area contributed by atoms with Crippen LogP contribution >= 0.6 is 11.6 Å². The number of carbonyl (C=O) groups is 1. The standard InChI is InChI=1S/C10H7ClF6N2O/c1-4-2-5(3-18-7(4)11)19-8(20)6(9(12,13)14)10(15,16)17/h2-3,6H,1H3,(H,19,20). The molecule has 3 nitrogen and oxygen atoms in total. The SMILES string of the molecule is Cc1cc(NC(=O)C(C(F)(F)F)C(F)(F)F)cnc1Cl. The van der Waals surface area contributed by atoms with E-state index in [9.17, 15) is 31.1 Å². The van der Waals surface area contributed by atoms with Crippen LogP contribution in [0.15, 0.2) is 12.3 Å². The Balaban J connectivity index is 3.00. The molecule has 0 saturated carbocycles. The summed E-state index contributed by atoms with van der Waals surface area (Å²) < 4.78 is 73.8. The number of anilines is 1. The van der Waals surface area contributed by atoms with Crippen molar-refractivity contribution in [3.63, 3.8) is 0 Å². The van der Waals surface area contributed by atoms with E-state index in [-0.39, 0.29) is 10.8 Å². The summed E-state index contributed by atoms with van der Waals surface area (Å²) in [5.41, 5.74) is -0.0181. The maximum atomic E-state index is 12.3. The molecule has 1 aromatic rings. The lowest BCUT2D eigenvalue weighted by molar-refractivity contribution is -0.272. The summed E-state index contributed by atoms with van der Waals surface area (Å²) in [7, 11) is 0. The molecule has 0 fully saturated rings. The van der Waals surface area contributed by atoms with Gasteiger partial charge in [0.05, 0.1) is 11.9 Å². The Morgan fingerprint density at radius 2 is 1.75 bits per heavy atom. The van der Waals surface area contributed by atoms with Crippen molar-refractivity contribution in [1.29, 1.82) is 0 Å². The number of pyridine rings is 1. The minimum absolute atomic E-state index is 0.0196. The number of amides is 1. The van der Waals surface area contributed by atoms with Crippen LogP contribution in [0, 0.1) is 12.8 Å². The number of hydrogen-bond donors (Lipinski definition) is 1. The maximum absolute atomic E-state index is 12.3. The summed E-state index contributed by atoms with van der Waals surface area (Å²) in [4.78, 5) is 14.7. The predicted octanol–water partition coefficient (Wildman–Crippen LogP) is 3.72. The summed E-state index contributed by atoms with van der Waals surface area (Å²) in [6, 6.07) is 1.11. The molecule has 1 heterocycles. The van der Waals surface area contributed by atoms with E-state index in [0.717, 1.165) is 12.3 Å². The quantitative estimate of drug-likeness (QED) is 0.666. The zero-order valence-electron chi connectivity index (χ0n) is 9.73. The van der Waals surface area contributed by atoms with E-state index < -0.39 is 24.2 Å². The number of rotatable bonds is 2. The van der Waals surface area contributed by atoms with E-state index >= 15 is 0 Å². The average Bonchev–Trinajstić information content (AvgIpc) is 2.18. The molecule has 1 amide bonds. The van der Waals surface area contributed by atoms with Crippen molar-refractivity contribution in [2.24, 2.45) is 5.92 Å². The highest BCUT2D eigenvalue weighted by Crippen LogP contribution is 2.39. The maximum Gasteiger partial charge on any atom is 0.409 e. The first-order valence-electron chi connectivity index (χ1n) is 4.99. The molecule has 0 aliphatic carbocycles. The minimum Gasteiger partial charge on any atom is -0.324 e. The molecule has 1 aromatic heterocycles. The Morgan fingerprint density at radius 1 is 1.25 bits per heavy atom. The van der Waals surface area contributed by atoms with Crippen LogP contribution in [0.5, 0.6) is 0 Å². The lowest BCUT2D eigenvalue weighted by Crippen LogP contribution is -2.45. The third-order valence-electron chi connectivity index (χ3n) is 2.20. The number of halogens is 7. The highest BCUT2D eigenvalue weighted by Gasteiger charge is 2.61. The lowest BCUT2D eigenvalue weighted by atomic mass is 10.1. The van der Waals surface area contributed by atoms with Gasteiger partial charge in [0.1, 0.15) is 5.15 Å². The van der Waals surface area contributed by atoms with Gasteiger partial charge in [-0.2, -0.15) is 26.3 Å². The van der Waals surface area contributed by atoms with Crippen molar-refractivity contribution in [3.05, 3.63) is 23.0 Å². The van der Waals surface area contributed by atoms with Crippen molar-refractivity contribution >= 4 is 23.2 Å². The molecule has 0 unspecified atom stereocenters. The smallest absolute Gasteiger partial charge is 0.324 e. The first-order chi connectivity index (χ1) is 8.93. The topological polar surface area (TPSA) is 42.0 Å². The second-order valence-electron chi connectivity index (χ2n) is 3.84. The van der Waals surface area contributed by atoms with Crippen molar-refractivity contribution in [3.8, 4) is 0 Å². The van der Waals surface area contributed by atoms with E-state index in [1.807, 2.05) is 0 Å². The van der Waals surface area contributed by atoms with E-state index in [0.29, 0.717) is 5.56 Å². The fourth-order valence-electron chi connectivity index (χ4n) is 1.32. The molecule has 0 aliphatic rings. The molecule has 0 atom stereocenters. The molecular formula is C10H7ClF6N2O. The van der Waals surface area contributed by atoms with Gasteiger partial charge in [0.2, 0.25) is 11.8 Å². The summed E-state index contributed by atoms with van der Waals surface area (Å²) in [6.45, 7) is 1.43. The van der Waals surface area contributed by atoms with Crippen molar-refractivity contribution in [2.75, 3.05) is 5.32 Å². The van der Waals surface area contributed by atoms with Crippen molar-refractivity contribution in [2.45, 2.75) is 19.3 Å². The van der Waals surface area contributed by atoms with Gasteiger partial charge >= 0.3 is 12.4 Å². The van der Waals surface area contributed by atoms with Gasteiger partial charge in [-0.05, 0) is 18.6 Å². The molecular weight excluding hydrogens is 314 g/mol. The summed E-state index contributed by atoms with van der Waals surface area (Å²) in [6.07, 6.45) is -10.6. The van der Waals surface area contributed by atoms with Crippen molar-refractivity contribution in [1.82, 2.24) is 4.98 Å². The molecule has 112 valence electrons. The third kappa shape index (κ3) is 3.99. The molecule has 0 aliphatic heterocycles. The van der Waals surface area contributed by atoms with Gasteiger partial charge in [-0.25, -0.2) is 4.98 Å². The van der Waals surface area contributed by atoms with E-state index in [4.69, 9.17) is 11.6 Å². The molecule has 10 heteroatoms. The fraction of sp³-hybridized carbons (Fsp3) is 0.400. The number of nitrogens with zero attached hydrogens (tertiary/aromatic N) is 1. The van der Waals surface area contributed by atoms with Gasteiger partial charge in [-0.15, -0.1) is 0 Å². The van der Waals surface area contributed by atoms with E-state index in [1.54, 1.807) is 0 Å². The van der Waals surface area contributed by atoms with Crippen LogP contribution in [0.1, 0.15) is 5.56 Å². The zero-order valence-corrected chi connectivity index (χ0v) is 10.5. The fourth-order valence-corrected chi connectivity index (χ4v) is 1.43. The molecule has 20 heavy (non-hydrogen) atoms. The van der Waals surface area contributed by atoms with Gasteiger partial charge in [0.25, 0.3) is 0 Å². The number of nitrogens with one attached hydrogen (secondary N) is 1. The first kappa shape index (κ1) is 16.5. The average molecular weight is 321 g/mol. The Morgan fingerprint density at radius 3 is 2.15 bits per heavy atom. The van der Waals surface area contributed by atoms with Gasteiger partial charge in [0.15, 0.2) is 0 Å². The zero-order chi connectivity index (χ0) is 15.7. The Kier molecular flexibility index (Phi) is 4.52. The Bertz CT molecular complexity index is 499. The Hall–Kier alpha value is -1.51. The second-order valence-corrected chi connectivity index (χ2v) is 4.20. The number of alkyl halides is 6. The molecule has 1 N–H and O–H groups in total. The highest BCUT2D eigenvalue weighted by atomic mass is 35.5. The third-order valence-corrected chi connectivity index (χ3v) is 2.59. The monoisotopic (exact) mass is 320 g/mol. The van der Waals surface area contributed by atoms with Crippen molar-refractivity contribution < 1.29 is 31.1 Å². The molecule has 0 radical (unpaired) electrons. The van der Waals surface area contributed by atoms with Crippen LogP contribution < -0.4 is 5.32 Å². The first-order valence-corrected chi connectivity index (χ1v) is 5.37. The molecule has 1 rings (SSSR count). The Labute approximate surface area is 113 Å². The van der Waals surface area contributed by atoms with Crippen LogP contribution in [-0.2, 0) is 4.79 Å². The van der Waals surface area contributed by atoms with Gasteiger partial charge in [-0.3, -0.25) is 4.79 Å². The molecule has 0 bridgehead atoms. The largest absolute Gasteiger partial charge is 0.409 e. The summed E-state index contributed by atoms with van der Waals surface area (Å²) in [5, 5.41) is 1.54. The number of aromatic nitrogens is 1. The number of aryl methyl sites for hydroxylation is 1. The minimum atomic E-state index is -5.74. The number of carbonyl (C=O) groups excluding carboxylic acids is 1. The molecule has 0 saturated heterocycles. The summed E-state index contributed by atoms with van der Waals surface area (Å²) >= 11 is 5.54. The van der Waals surface area contributed by atoms with Crippen LogP contribution in [0.2, 0.25) is 5.15 Å². The molecule has 0 aromatic carbocycles. The normalized spacial score (nSPS) is 12.7. The van der Waals surface area contributed by atoms with E-state index in [1.165, 1.54) is 12.2 Å². The van der Waals surface area contributed by atoms with Crippen LogP contribution in [0.3, 0.4) is 0 Å². The van der Waals surface area contributed by atoms with Gasteiger partial charge in [0, 0.05) is 0 Å². The van der Waals surface area contributed by atoms with Crippen LogP contribution in [-0.4, -0.2) is 23.2 Å². The lowest BCUT2D eigenvalue weighted by Gasteiger charge is -2.22. The second kappa shape index (κ2) is 5.47. The summed E-state index contributed by atoms with van der Waals surface area (Å²) in [5.74, 6) is -6.33. The number of hydrogen-bond acceptors (Lipinski definition) is 2. The van der Waals surface area contributed by atoms with Gasteiger partial charge < -0.3 is 5.32 Å². The van der Waals surface area contributed by atoms with Crippen LogP contribution in [0.25, 0.3) is 0 Å². The van der Waals surface area contributed by atoms with Gasteiger partial charge in [-0.1, -0.05) is 11.6 Å². The molecule has 0 spiro atoms. The van der Waals surface area contributed by atoms with E-state index in [2.05, 4.69) is 4.98 Å². The van der Waals surface area contributed by atoms with Crippen LogP contribution in [0.4, 0.5) is 32.0 Å². The highest BCUT2D eigenvalue weighted by molar-refractivity contribution is 6.30.